The van der Waals surface area contributed by atoms with Crippen molar-refractivity contribution in [3.05, 3.63) is 0 Å². The number of hydrogen-bond donors (Lipinski definition) is 0. The standard InChI is InChI=1S/C10H20F2S2/c1-6-7(2)8(9(11)12)13-14-10(3,4)5/h7-9H,6H2,1-5H3/t7?,8-/m0/s1. The maximum Gasteiger partial charge on any atom is 0.251 e. The third kappa shape index (κ3) is 6.12. The number of hydrogen-bond acceptors (Lipinski definition) is 2. The van der Waals surface area contributed by atoms with Crippen LogP contribution in [0.4, 0.5) is 8.78 Å². The van der Waals surface area contributed by atoms with E-state index in [1.807, 2.05) is 34.6 Å². The van der Waals surface area contributed by atoms with Gasteiger partial charge in [-0.25, -0.2) is 8.78 Å². The quantitative estimate of drug-likeness (QED) is 0.632. The van der Waals surface area contributed by atoms with Crippen molar-refractivity contribution in [2.24, 2.45) is 5.92 Å². The van der Waals surface area contributed by atoms with Crippen LogP contribution in [0.15, 0.2) is 0 Å². The molecule has 86 valence electrons. The molecule has 0 spiro atoms. The molecule has 1 unspecified atom stereocenters. The summed E-state index contributed by atoms with van der Waals surface area (Å²) in [6.07, 6.45) is -1.41. The Labute approximate surface area is 94.0 Å². The van der Waals surface area contributed by atoms with E-state index in [0.29, 0.717) is 0 Å². The zero-order valence-electron chi connectivity index (χ0n) is 9.51. The van der Waals surface area contributed by atoms with Crippen molar-refractivity contribution in [1.82, 2.24) is 0 Å². The molecule has 0 saturated carbocycles. The second kappa shape index (κ2) is 6.21. The molecule has 0 saturated heterocycles. The Balaban J connectivity index is 4.11. The van der Waals surface area contributed by atoms with E-state index in [1.165, 1.54) is 10.8 Å². The summed E-state index contributed by atoms with van der Waals surface area (Å²) in [4.78, 5) is 0. The van der Waals surface area contributed by atoms with Gasteiger partial charge in [0.05, 0.1) is 5.25 Å². The maximum atomic E-state index is 12.7. The lowest BCUT2D eigenvalue weighted by Gasteiger charge is -2.25. The van der Waals surface area contributed by atoms with Crippen molar-refractivity contribution in [3.8, 4) is 0 Å². The molecule has 0 aliphatic carbocycles. The Bertz CT molecular complexity index is 155. The average molecular weight is 242 g/mol. The summed E-state index contributed by atoms with van der Waals surface area (Å²) >= 11 is 0. The Hall–Kier alpha value is 0.560. The average Bonchev–Trinajstić information content (AvgIpc) is 2.01. The minimum atomic E-state index is -2.22. The predicted octanol–water partition coefficient (Wildman–Crippen LogP) is 4.85. The molecule has 0 aliphatic heterocycles. The van der Waals surface area contributed by atoms with E-state index in [9.17, 15) is 8.78 Å². The molecular weight excluding hydrogens is 222 g/mol. The number of halogens is 2. The summed E-state index contributed by atoms with van der Waals surface area (Å²) in [5.41, 5.74) is 0. The third-order valence-corrected chi connectivity index (χ3v) is 5.81. The Morgan fingerprint density at radius 1 is 1.21 bits per heavy atom. The maximum absolute atomic E-state index is 12.7. The van der Waals surface area contributed by atoms with Gasteiger partial charge < -0.3 is 0 Å². The van der Waals surface area contributed by atoms with Crippen molar-refractivity contribution in [3.63, 3.8) is 0 Å². The van der Waals surface area contributed by atoms with Crippen molar-refractivity contribution in [2.45, 2.75) is 57.5 Å². The van der Waals surface area contributed by atoms with Gasteiger partial charge >= 0.3 is 0 Å². The fourth-order valence-electron chi connectivity index (χ4n) is 0.817. The fraction of sp³-hybridized carbons (Fsp3) is 1.00. The van der Waals surface area contributed by atoms with Crippen LogP contribution in [-0.4, -0.2) is 16.4 Å². The zero-order chi connectivity index (χ0) is 11.4. The van der Waals surface area contributed by atoms with Crippen LogP contribution in [0.5, 0.6) is 0 Å². The first-order chi connectivity index (χ1) is 6.28. The van der Waals surface area contributed by atoms with Gasteiger partial charge in [-0.05, 0) is 5.92 Å². The van der Waals surface area contributed by atoms with E-state index < -0.39 is 11.7 Å². The van der Waals surface area contributed by atoms with E-state index in [0.717, 1.165) is 6.42 Å². The minimum absolute atomic E-state index is 0.0469. The second-order valence-electron chi connectivity index (χ2n) is 4.48. The third-order valence-electron chi connectivity index (χ3n) is 1.86. The van der Waals surface area contributed by atoms with E-state index in [2.05, 4.69) is 0 Å². The molecule has 0 bridgehead atoms. The molecule has 0 rings (SSSR count). The molecule has 2 atom stereocenters. The summed E-state index contributed by atoms with van der Waals surface area (Å²) in [5, 5.41) is -0.538. The molecule has 0 fully saturated rings. The molecule has 0 N–H and O–H groups in total. The van der Waals surface area contributed by atoms with Crippen LogP contribution >= 0.6 is 21.6 Å². The summed E-state index contributed by atoms with van der Waals surface area (Å²) in [5.74, 6) is 0.0786. The van der Waals surface area contributed by atoms with Gasteiger partial charge in [-0.15, -0.1) is 0 Å². The molecular formula is C10H20F2S2. The summed E-state index contributed by atoms with van der Waals surface area (Å²) < 4.78 is 25.4. The van der Waals surface area contributed by atoms with E-state index in [4.69, 9.17) is 0 Å². The van der Waals surface area contributed by atoms with Gasteiger partial charge in [0.25, 0.3) is 6.43 Å². The lowest BCUT2D eigenvalue weighted by Crippen LogP contribution is -2.22. The van der Waals surface area contributed by atoms with Gasteiger partial charge in [-0.1, -0.05) is 62.6 Å². The first-order valence-corrected chi connectivity index (χ1v) is 7.12. The van der Waals surface area contributed by atoms with Gasteiger partial charge in [-0.2, -0.15) is 0 Å². The highest BCUT2D eigenvalue weighted by atomic mass is 33.1. The number of rotatable bonds is 5. The minimum Gasteiger partial charge on any atom is -0.209 e. The van der Waals surface area contributed by atoms with Crippen LogP contribution in [0, 0.1) is 5.92 Å². The van der Waals surface area contributed by atoms with Gasteiger partial charge in [0.15, 0.2) is 0 Å². The summed E-state index contributed by atoms with van der Waals surface area (Å²) in [6.45, 7) is 9.99. The fourth-order valence-corrected chi connectivity index (χ4v) is 3.70. The second-order valence-corrected chi connectivity index (χ2v) is 7.68. The first-order valence-electron chi connectivity index (χ1n) is 4.90. The van der Waals surface area contributed by atoms with E-state index >= 15 is 0 Å². The van der Waals surface area contributed by atoms with Gasteiger partial charge in [0.1, 0.15) is 0 Å². The van der Waals surface area contributed by atoms with Crippen LogP contribution < -0.4 is 0 Å². The van der Waals surface area contributed by atoms with Crippen LogP contribution in [0.1, 0.15) is 41.0 Å². The highest BCUT2D eigenvalue weighted by Gasteiger charge is 2.28. The smallest absolute Gasteiger partial charge is 0.209 e. The molecule has 0 aliphatic rings. The van der Waals surface area contributed by atoms with Crippen LogP contribution in [-0.2, 0) is 0 Å². The van der Waals surface area contributed by atoms with Crippen molar-refractivity contribution in [2.75, 3.05) is 0 Å². The molecule has 0 heterocycles. The predicted molar refractivity (Wildman–Crippen MR) is 64.2 cm³/mol. The number of alkyl halides is 2. The van der Waals surface area contributed by atoms with Gasteiger partial charge in [0, 0.05) is 4.75 Å². The van der Waals surface area contributed by atoms with Crippen molar-refractivity contribution in [1.29, 1.82) is 0 Å². The molecule has 0 radical (unpaired) electrons. The molecule has 0 amide bonds. The largest absolute Gasteiger partial charge is 0.251 e. The lowest BCUT2D eigenvalue weighted by atomic mass is 10.1. The SMILES string of the molecule is CCC(C)[C@H](SSC(C)(C)C)C(F)F. The Kier molecular flexibility index (Phi) is 6.46. The molecule has 0 aromatic carbocycles. The Morgan fingerprint density at radius 2 is 1.71 bits per heavy atom. The monoisotopic (exact) mass is 242 g/mol. The lowest BCUT2D eigenvalue weighted by molar-refractivity contribution is 0.126. The molecule has 0 nitrogen and oxygen atoms in total. The molecule has 0 aromatic rings. The van der Waals surface area contributed by atoms with Crippen molar-refractivity contribution < 1.29 is 8.78 Å². The van der Waals surface area contributed by atoms with E-state index in [1.54, 1.807) is 10.8 Å². The summed E-state index contributed by atoms with van der Waals surface area (Å²) in [7, 11) is 2.89. The van der Waals surface area contributed by atoms with Gasteiger partial charge in [0.2, 0.25) is 0 Å². The van der Waals surface area contributed by atoms with Crippen molar-refractivity contribution >= 4 is 21.6 Å². The molecule has 14 heavy (non-hydrogen) atoms. The first kappa shape index (κ1) is 14.6. The van der Waals surface area contributed by atoms with Crippen LogP contribution in [0.3, 0.4) is 0 Å². The molecule has 0 aromatic heterocycles. The normalized spacial score (nSPS) is 17.1. The topological polar surface area (TPSA) is 0 Å². The summed E-state index contributed by atoms with van der Waals surface area (Å²) in [6, 6.07) is 0. The van der Waals surface area contributed by atoms with Gasteiger partial charge in [-0.3, -0.25) is 0 Å². The zero-order valence-corrected chi connectivity index (χ0v) is 11.1. The Morgan fingerprint density at radius 3 is 2.00 bits per heavy atom. The highest BCUT2D eigenvalue weighted by molar-refractivity contribution is 8.77. The van der Waals surface area contributed by atoms with Crippen LogP contribution in [0.2, 0.25) is 0 Å². The highest BCUT2D eigenvalue weighted by Crippen LogP contribution is 2.42. The van der Waals surface area contributed by atoms with E-state index in [-0.39, 0.29) is 10.7 Å². The molecule has 4 heteroatoms. The van der Waals surface area contributed by atoms with Crippen LogP contribution in [0.25, 0.3) is 0 Å².